The summed E-state index contributed by atoms with van der Waals surface area (Å²) in [6.45, 7) is 7.12. The normalized spacial score (nSPS) is 29.7. The van der Waals surface area contributed by atoms with Crippen molar-refractivity contribution in [3.8, 4) is 5.88 Å². The number of hydrogen-bond donors (Lipinski definition) is 2. The number of aliphatic hydroxyl groups excluding tert-OH is 1. The summed E-state index contributed by atoms with van der Waals surface area (Å²) in [4.78, 5) is 16.7. The van der Waals surface area contributed by atoms with E-state index in [1.54, 1.807) is 7.11 Å². The standard InChI is InChI=1S/C25H39N5O3/c1-15(14-32-5)28-25-27-13-22-23(29-25)21(18-6-8-19(31)9-7-18)12-26-24(22)33-20-10-16(2)30(4)17(3)11-20/h12-13,15-20,31H,6-11,14H2,1-5H3,(H,27,28,29)/t15-,16-,17-,18?,19?/m0/s1. The van der Waals surface area contributed by atoms with Gasteiger partial charge in [0.2, 0.25) is 11.8 Å². The minimum Gasteiger partial charge on any atom is -0.474 e. The van der Waals surface area contributed by atoms with E-state index in [0.717, 1.165) is 55.0 Å². The first kappa shape index (κ1) is 24.1. The molecule has 3 heterocycles. The zero-order chi connectivity index (χ0) is 23.5. The van der Waals surface area contributed by atoms with Crippen LogP contribution in [-0.2, 0) is 4.74 Å². The molecule has 1 saturated heterocycles. The molecule has 2 aromatic rings. The zero-order valence-corrected chi connectivity index (χ0v) is 20.6. The van der Waals surface area contributed by atoms with E-state index in [2.05, 4.69) is 36.1 Å². The summed E-state index contributed by atoms with van der Waals surface area (Å²) in [7, 11) is 3.87. The molecule has 0 amide bonds. The average molecular weight is 458 g/mol. The molecule has 33 heavy (non-hydrogen) atoms. The Kier molecular flexibility index (Phi) is 7.66. The van der Waals surface area contributed by atoms with E-state index in [0.29, 0.717) is 36.4 Å². The van der Waals surface area contributed by atoms with E-state index >= 15 is 0 Å². The van der Waals surface area contributed by atoms with Gasteiger partial charge in [0, 0.05) is 43.2 Å². The molecule has 2 N–H and O–H groups in total. The molecule has 2 fully saturated rings. The fourth-order valence-corrected chi connectivity index (χ4v) is 5.26. The van der Waals surface area contributed by atoms with E-state index in [1.807, 2.05) is 19.3 Å². The van der Waals surface area contributed by atoms with Crippen LogP contribution in [0.5, 0.6) is 5.88 Å². The molecule has 0 unspecified atom stereocenters. The van der Waals surface area contributed by atoms with Crippen molar-refractivity contribution >= 4 is 16.9 Å². The minimum atomic E-state index is -0.196. The molecule has 4 rings (SSSR count). The summed E-state index contributed by atoms with van der Waals surface area (Å²) >= 11 is 0. The second-order valence-corrected chi connectivity index (χ2v) is 10.1. The third kappa shape index (κ3) is 5.55. The van der Waals surface area contributed by atoms with Gasteiger partial charge in [0.15, 0.2) is 0 Å². The van der Waals surface area contributed by atoms with Gasteiger partial charge in [-0.25, -0.2) is 15.0 Å². The summed E-state index contributed by atoms with van der Waals surface area (Å²) in [6, 6.07) is 1.03. The predicted molar refractivity (Wildman–Crippen MR) is 130 cm³/mol. The van der Waals surface area contributed by atoms with Crippen LogP contribution in [0.1, 0.15) is 70.8 Å². The van der Waals surface area contributed by atoms with Gasteiger partial charge in [-0.05, 0) is 72.3 Å². The SMILES string of the molecule is COC[C@H](C)Nc1ncc2c(OC3C[C@H](C)N(C)[C@@H](C)C3)ncc(C3CCC(O)CC3)c2n1. The number of piperidine rings is 1. The monoisotopic (exact) mass is 457 g/mol. The molecule has 2 aliphatic rings. The van der Waals surface area contributed by atoms with Crippen molar-refractivity contribution in [1.82, 2.24) is 19.9 Å². The molecule has 1 saturated carbocycles. The maximum atomic E-state index is 9.98. The lowest BCUT2D eigenvalue weighted by molar-refractivity contribution is 0.0415. The Morgan fingerprint density at radius 1 is 1.12 bits per heavy atom. The number of fused-ring (bicyclic) bond motifs is 1. The number of anilines is 1. The van der Waals surface area contributed by atoms with Crippen molar-refractivity contribution in [2.75, 3.05) is 26.1 Å². The van der Waals surface area contributed by atoms with Crippen LogP contribution < -0.4 is 10.1 Å². The zero-order valence-electron chi connectivity index (χ0n) is 20.6. The maximum Gasteiger partial charge on any atom is 0.224 e. The molecule has 1 aliphatic carbocycles. The maximum absolute atomic E-state index is 9.98. The van der Waals surface area contributed by atoms with Crippen LogP contribution in [-0.4, -0.2) is 76.1 Å². The third-order valence-electron chi connectivity index (χ3n) is 7.42. The Morgan fingerprint density at radius 3 is 2.48 bits per heavy atom. The van der Waals surface area contributed by atoms with Crippen molar-refractivity contribution < 1.29 is 14.6 Å². The predicted octanol–water partition coefficient (Wildman–Crippen LogP) is 3.74. The topological polar surface area (TPSA) is 92.6 Å². The number of likely N-dealkylation sites (tertiary alicyclic amines) is 1. The molecule has 8 nitrogen and oxygen atoms in total. The Balaban J connectivity index is 1.66. The highest BCUT2D eigenvalue weighted by Gasteiger charge is 2.31. The highest BCUT2D eigenvalue weighted by atomic mass is 16.5. The summed E-state index contributed by atoms with van der Waals surface area (Å²) in [5, 5.41) is 14.2. The molecule has 0 spiro atoms. The van der Waals surface area contributed by atoms with Crippen LogP contribution in [0.2, 0.25) is 0 Å². The number of ether oxygens (including phenoxy) is 2. The van der Waals surface area contributed by atoms with Crippen molar-refractivity contribution in [3.63, 3.8) is 0 Å². The van der Waals surface area contributed by atoms with Crippen molar-refractivity contribution in [2.45, 2.75) is 95.5 Å². The fraction of sp³-hybridized carbons (Fsp3) is 0.720. The molecule has 8 heteroatoms. The lowest BCUT2D eigenvalue weighted by Gasteiger charge is -2.40. The molecular weight excluding hydrogens is 418 g/mol. The average Bonchev–Trinajstić information content (AvgIpc) is 2.78. The van der Waals surface area contributed by atoms with Gasteiger partial charge in [-0.2, -0.15) is 0 Å². The number of nitrogens with one attached hydrogen (secondary N) is 1. The number of aliphatic hydroxyl groups is 1. The van der Waals surface area contributed by atoms with Crippen molar-refractivity contribution in [2.24, 2.45) is 0 Å². The van der Waals surface area contributed by atoms with E-state index in [-0.39, 0.29) is 18.2 Å². The second-order valence-electron chi connectivity index (χ2n) is 10.1. The summed E-state index contributed by atoms with van der Waals surface area (Å²) in [5.74, 6) is 1.54. The number of methoxy groups -OCH3 is 1. The highest BCUT2D eigenvalue weighted by Crippen LogP contribution is 2.38. The van der Waals surface area contributed by atoms with Gasteiger partial charge in [0.05, 0.1) is 23.6 Å². The molecule has 3 atom stereocenters. The van der Waals surface area contributed by atoms with Crippen LogP contribution in [0.25, 0.3) is 10.9 Å². The highest BCUT2D eigenvalue weighted by molar-refractivity contribution is 5.86. The van der Waals surface area contributed by atoms with Crippen LogP contribution in [0.15, 0.2) is 12.4 Å². The summed E-state index contributed by atoms with van der Waals surface area (Å²) in [6.07, 6.45) is 9.17. The Hall–Kier alpha value is -2.03. The number of nitrogens with zero attached hydrogens (tertiary/aromatic N) is 4. The molecule has 2 aromatic heterocycles. The lowest BCUT2D eigenvalue weighted by Crippen LogP contribution is -2.47. The smallest absolute Gasteiger partial charge is 0.224 e. The first-order valence-corrected chi connectivity index (χ1v) is 12.3. The lowest BCUT2D eigenvalue weighted by atomic mass is 9.83. The van der Waals surface area contributed by atoms with Gasteiger partial charge in [0.1, 0.15) is 6.10 Å². The number of hydrogen-bond acceptors (Lipinski definition) is 8. The van der Waals surface area contributed by atoms with Crippen LogP contribution in [0, 0.1) is 0 Å². The Labute approximate surface area is 197 Å². The van der Waals surface area contributed by atoms with Gasteiger partial charge in [-0.3, -0.25) is 0 Å². The molecule has 0 bridgehead atoms. The van der Waals surface area contributed by atoms with Crippen LogP contribution >= 0.6 is 0 Å². The van der Waals surface area contributed by atoms with Crippen molar-refractivity contribution in [3.05, 3.63) is 18.0 Å². The van der Waals surface area contributed by atoms with Crippen LogP contribution in [0.4, 0.5) is 5.95 Å². The Bertz CT molecular complexity index is 922. The van der Waals surface area contributed by atoms with Gasteiger partial charge in [0.25, 0.3) is 0 Å². The quantitative estimate of drug-likeness (QED) is 0.650. The molecule has 0 radical (unpaired) electrons. The Morgan fingerprint density at radius 2 is 1.82 bits per heavy atom. The summed E-state index contributed by atoms with van der Waals surface area (Å²) in [5.41, 5.74) is 2.02. The van der Waals surface area contributed by atoms with E-state index in [4.69, 9.17) is 19.4 Å². The number of rotatable bonds is 7. The number of pyridine rings is 1. The van der Waals surface area contributed by atoms with E-state index in [9.17, 15) is 5.11 Å². The number of aromatic nitrogens is 3. The van der Waals surface area contributed by atoms with Gasteiger partial charge in [-0.15, -0.1) is 0 Å². The van der Waals surface area contributed by atoms with Crippen LogP contribution in [0.3, 0.4) is 0 Å². The largest absolute Gasteiger partial charge is 0.474 e. The van der Waals surface area contributed by atoms with E-state index < -0.39 is 0 Å². The summed E-state index contributed by atoms with van der Waals surface area (Å²) < 4.78 is 11.7. The molecular formula is C25H39N5O3. The second kappa shape index (κ2) is 10.5. The third-order valence-corrected chi connectivity index (χ3v) is 7.42. The van der Waals surface area contributed by atoms with Gasteiger partial charge >= 0.3 is 0 Å². The molecule has 1 aliphatic heterocycles. The molecule has 0 aromatic carbocycles. The fourth-order valence-electron chi connectivity index (χ4n) is 5.26. The minimum absolute atomic E-state index is 0.0977. The molecule has 182 valence electrons. The first-order valence-electron chi connectivity index (χ1n) is 12.3. The van der Waals surface area contributed by atoms with Gasteiger partial charge in [-0.1, -0.05) is 0 Å². The van der Waals surface area contributed by atoms with Crippen molar-refractivity contribution in [1.29, 1.82) is 0 Å². The van der Waals surface area contributed by atoms with E-state index in [1.165, 1.54) is 0 Å². The first-order chi connectivity index (χ1) is 15.9. The van der Waals surface area contributed by atoms with Gasteiger partial charge < -0.3 is 24.8 Å².